The topological polar surface area (TPSA) is 44.1 Å². The molecule has 112 valence electrons. The van der Waals surface area contributed by atoms with Gasteiger partial charge in [0.15, 0.2) is 0 Å². The highest BCUT2D eigenvalue weighted by atomic mass is 35.5. The molecule has 5 heteroatoms. The Morgan fingerprint density at radius 2 is 2.10 bits per heavy atom. The van der Waals surface area contributed by atoms with E-state index in [0.717, 1.165) is 25.7 Å². The second-order valence-corrected chi connectivity index (χ2v) is 6.50. The highest BCUT2D eigenvalue weighted by Gasteiger charge is 2.43. The Bertz CT molecular complexity index is 488. The van der Waals surface area contributed by atoms with Crippen molar-refractivity contribution in [2.24, 2.45) is 5.92 Å². The van der Waals surface area contributed by atoms with Crippen LogP contribution >= 0.6 is 11.6 Å². The highest BCUT2D eigenvalue weighted by Crippen LogP contribution is 2.38. The van der Waals surface area contributed by atoms with Gasteiger partial charge in [0.25, 0.3) is 0 Å². The van der Waals surface area contributed by atoms with Gasteiger partial charge in [-0.1, -0.05) is 18.5 Å². The molecule has 1 fully saturated rings. The second-order valence-electron chi connectivity index (χ2n) is 6.09. The summed E-state index contributed by atoms with van der Waals surface area (Å²) in [7, 11) is 1.62. The van der Waals surface area contributed by atoms with Crippen molar-refractivity contribution >= 4 is 17.4 Å². The number of hydrogen-bond acceptors (Lipinski definition) is 3. The molecule has 0 bridgehead atoms. The molecule has 0 amide bonds. The molecule has 4 nitrogen and oxygen atoms in total. The third kappa shape index (κ3) is 2.63. The van der Waals surface area contributed by atoms with Crippen molar-refractivity contribution in [3.63, 3.8) is 0 Å². The lowest BCUT2D eigenvalue weighted by atomic mass is 9.76. The maximum atomic E-state index is 13.0. The Labute approximate surface area is 125 Å². The van der Waals surface area contributed by atoms with Gasteiger partial charge >= 0.3 is 0 Å². The molecule has 20 heavy (non-hydrogen) atoms. The Morgan fingerprint density at radius 3 is 2.60 bits per heavy atom. The fourth-order valence-corrected chi connectivity index (χ4v) is 3.13. The molecule has 0 aromatic carbocycles. The van der Waals surface area contributed by atoms with E-state index in [0.29, 0.717) is 16.6 Å². The first-order chi connectivity index (χ1) is 9.41. The molecule has 0 aliphatic heterocycles. The lowest BCUT2D eigenvalue weighted by Crippen LogP contribution is -2.45. The predicted molar refractivity (Wildman–Crippen MR) is 79.3 cm³/mol. The molecular weight excluding hydrogens is 276 g/mol. The van der Waals surface area contributed by atoms with Crippen molar-refractivity contribution in [3.05, 3.63) is 16.9 Å². The summed E-state index contributed by atoms with van der Waals surface area (Å²) >= 11 is 6.19. The Balaban J connectivity index is 2.37. The van der Waals surface area contributed by atoms with Crippen molar-refractivity contribution in [3.8, 4) is 0 Å². The van der Waals surface area contributed by atoms with E-state index in [2.05, 4.69) is 12.0 Å². The van der Waals surface area contributed by atoms with E-state index in [1.165, 1.54) is 0 Å². The van der Waals surface area contributed by atoms with E-state index in [4.69, 9.17) is 16.3 Å². The molecule has 0 N–H and O–H groups in total. The number of nitrogens with zero attached hydrogens (tertiary/aromatic N) is 2. The van der Waals surface area contributed by atoms with Crippen molar-refractivity contribution in [1.82, 2.24) is 9.78 Å². The number of Topliss-reactive ketones (excluding diaryl/α,β-unsaturated/α-hetero) is 1. The minimum atomic E-state index is -0.733. The first-order valence-corrected chi connectivity index (χ1v) is 7.62. The van der Waals surface area contributed by atoms with E-state index < -0.39 is 5.60 Å². The number of carbonyl (C=O) groups excluding carboxylic acids is 1. The second kappa shape index (κ2) is 5.86. The van der Waals surface area contributed by atoms with Crippen LogP contribution in [-0.4, -0.2) is 28.3 Å². The smallest absolute Gasteiger partial charge is 0.214 e. The van der Waals surface area contributed by atoms with Crippen LogP contribution in [0.25, 0.3) is 0 Å². The van der Waals surface area contributed by atoms with Gasteiger partial charge in [-0.05, 0) is 45.4 Å². The molecule has 0 unspecified atom stereocenters. The summed E-state index contributed by atoms with van der Waals surface area (Å²) < 4.78 is 7.35. The molecule has 1 aromatic heterocycles. The number of methoxy groups -OCH3 is 1. The normalized spacial score (nSPS) is 27.0. The number of ether oxygens (including phenoxy) is 1. The molecule has 0 radical (unpaired) electrons. The van der Waals surface area contributed by atoms with E-state index in [1.54, 1.807) is 18.0 Å². The maximum Gasteiger partial charge on any atom is 0.214 e. The van der Waals surface area contributed by atoms with Crippen LogP contribution in [-0.2, 0) is 4.74 Å². The van der Waals surface area contributed by atoms with Gasteiger partial charge in [0.05, 0.1) is 11.2 Å². The van der Waals surface area contributed by atoms with Crippen LogP contribution in [0.3, 0.4) is 0 Å². The Hall–Kier alpha value is -0.870. The molecule has 1 heterocycles. The van der Waals surface area contributed by atoms with Gasteiger partial charge in [0.1, 0.15) is 11.3 Å². The zero-order valence-electron chi connectivity index (χ0n) is 12.6. The summed E-state index contributed by atoms with van der Waals surface area (Å²) in [5, 5.41) is 4.64. The number of hydrogen-bond donors (Lipinski definition) is 0. The summed E-state index contributed by atoms with van der Waals surface area (Å²) in [6.45, 7) is 6.19. The summed E-state index contributed by atoms with van der Waals surface area (Å²) in [5.41, 5.74) is -0.249. The van der Waals surface area contributed by atoms with Crippen LogP contribution < -0.4 is 0 Å². The fourth-order valence-electron chi connectivity index (χ4n) is 2.91. The predicted octanol–water partition coefficient (Wildman–Crippen LogP) is 3.90. The number of ketones is 1. The molecule has 0 spiro atoms. The van der Waals surface area contributed by atoms with E-state index >= 15 is 0 Å². The largest absolute Gasteiger partial charge is 0.370 e. The molecule has 2 rings (SSSR count). The number of carbonyl (C=O) groups is 1. The molecule has 1 aliphatic rings. The van der Waals surface area contributed by atoms with E-state index in [1.807, 2.05) is 13.8 Å². The average Bonchev–Trinajstić information content (AvgIpc) is 2.81. The van der Waals surface area contributed by atoms with Gasteiger partial charge in [-0.3, -0.25) is 9.48 Å². The molecular formula is C15H23ClN2O2. The van der Waals surface area contributed by atoms with Crippen LogP contribution in [0, 0.1) is 5.92 Å². The van der Waals surface area contributed by atoms with Crippen LogP contribution in [0.1, 0.15) is 63.0 Å². The van der Waals surface area contributed by atoms with E-state index in [9.17, 15) is 4.79 Å². The van der Waals surface area contributed by atoms with Crippen LogP contribution in [0.2, 0.25) is 5.02 Å². The third-order valence-corrected chi connectivity index (χ3v) is 4.62. The summed E-state index contributed by atoms with van der Waals surface area (Å²) in [6.07, 6.45) is 5.07. The third-order valence-electron chi connectivity index (χ3n) is 4.34. The first kappa shape index (κ1) is 15.5. The van der Waals surface area contributed by atoms with Crippen LogP contribution in [0.15, 0.2) is 6.20 Å². The SMILES string of the molecule is COC1(C(=O)c2c(Cl)cnn2C(C)C)CCC(C)CC1. The summed E-state index contributed by atoms with van der Waals surface area (Å²) in [4.78, 5) is 13.0. The summed E-state index contributed by atoms with van der Waals surface area (Å²) in [5.74, 6) is 0.625. The molecule has 1 aromatic rings. The van der Waals surface area contributed by atoms with Crippen LogP contribution in [0.4, 0.5) is 0 Å². The monoisotopic (exact) mass is 298 g/mol. The van der Waals surface area contributed by atoms with Gasteiger partial charge in [0, 0.05) is 13.2 Å². The molecule has 1 aliphatic carbocycles. The minimum absolute atomic E-state index is 0.0249. The standard InChI is InChI=1S/C15H23ClN2O2/c1-10(2)18-13(12(16)9-17-18)14(19)15(20-4)7-5-11(3)6-8-15/h9-11H,5-8H2,1-4H3. The Morgan fingerprint density at radius 1 is 1.50 bits per heavy atom. The zero-order valence-corrected chi connectivity index (χ0v) is 13.4. The molecule has 0 atom stereocenters. The molecule has 0 saturated heterocycles. The van der Waals surface area contributed by atoms with Crippen molar-refractivity contribution in [1.29, 1.82) is 0 Å². The van der Waals surface area contributed by atoms with Gasteiger partial charge < -0.3 is 4.74 Å². The average molecular weight is 299 g/mol. The van der Waals surface area contributed by atoms with Gasteiger partial charge in [-0.25, -0.2) is 0 Å². The quantitative estimate of drug-likeness (QED) is 0.792. The first-order valence-electron chi connectivity index (χ1n) is 7.24. The lowest BCUT2D eigenvalue weighted by molar-refractivity contribution is -0.0270. The summed E-state index contributed by atoms with van der Waals surface area (Å²) in [6, 6.07) is 0.0953. The van der Waals surface area contributed by atoms with Gasteiger partial charge in [-0.2, -0.15) is 5.10 Å². The van der Waals surface area contributed by atoms with Crippen molar-refractivity contribution in [2.45, 2.75) is 58.1 Å². The fraction of sp³-hybridized carbons (Fsp3) is 0.733. The van der Waals surface area contributed by atoms with E-state index in [-0.39, 0.29) is 11.8 Å². The van der Waals surface area contributed by atoms with Crippen molar-refractivity contribution < 1.29 is 9.53 Å². The minimum Gasteiger partial charge on any atom is -0.370 e. The molecule has 1 saturated carbocycles. The lowest BCUT2D eigenvalue weighted by Gasteiger charge is -2.37. The Kier molecular flexibility index (Phi) is 4.55. The highest BCUT2D eigenvalue weighted by molar-refractivity contribution is 6.34. The van der Waals surface area contributed by atoms with Crippen LogP contribution in [0.5, 0.6) is 0 Å². The number of halogens is 1. The van der Waals surface area contributed by atoms with Crippen molar-refractivity contribution in [2.75, 3.05) is 7.11 Å². The number of aromatic nitrogens is 2. The zero-order chi connectivity index (χ0) is 14.9. The maximum absolute atomic E-state index is 13.0. The van der Waals surface area contributed by atoms with Gasteiger partial charge in [0.2, 0.25) is 5.78 Å². The number of rotatable bonds is 4. The van der Waals surface area contributed by atoms with Gasteiger partial charge in [-0.15, -0.1) is 0 Å².